The highest BCUT2D eigenvalue weighted by atomic mass is 35.5. The van der Waals surface area contributed by atoms with Gasteiger partial charge in [-0.1, -0.05) is 30.7 Å². The topological polar surface area (TPSA) is 102 Å². The average molecular weight is 608 g/mol. The molecule has 2 saturated heterocycles. The number of morpholine rings is 1. The lowest BCUT2D eigenvalue weighted by molar-refractivity contribution is -0.165. The number of amides is 1. The standard InChI is InChI=1S/C29H33ClF3N5O4/c1-17-13-34-21(14-42-17)18-3-5-19(6-4-18)38-23(30)11-20-24(38)35-16-37(25(20)39)15-28(41)7-9-36(10-8-28)26(40)27(2)12-22(27)29(31,32)33/h3-6,11,16-17,21-22,34,41H,7-10,12-15H2,1-2H3/t17-,21-,22+,27+/m0/s1. The number of carbonyl (C=O) groups is 1. The van der Waals surface area contributed by atoms with Crippen LogP contribution in [0.15, 0.2) is 41.5 Å². The van der Waals surface area contributed by atoms with E-state index in [0.717, 1.165) is 17.8 Å². The average Bonchev–Trinajstić information content (AvgIpc) is 3.56. The van der Waals surface area contributed by atoms with Gasteiger partial charge in [0.1, 0.15) is 11.5 Å². The fourth-order valence-corrected chi connectivity index (χ4v) is 6.53. The van der Waals surface area contributed by atoms with Gasteiger partial charge < -0.3 is 20.1 Å². The summed E-state index contributed by atoms with van der Waals surface area (Å²) in [5.41, 5.74) is -0.943. The van der Waals surface area contributed by atoms with E-state index in [9.17, 15) is 27.9 Å². The van der Waals surface area contributed by atoms with Crippen molar-refractivity contribution < 1.29 is 27.8 Å². The lowest BCUT2D eigenvalue weighted by Gasteiger charge is -2.39. The molecule has 13 heteroatoms. The zero-order chi connectivity index (χ0) is 30.0. The van der Waals surface area contributed by atoms with Gasteiger partial charge in [-0.25, -0.2) is 4.98 Å². The summed E-state index contributed by atoms with van der Waals surface area (Å²) in [4.78, 5) is 32.1. The third-order valence-electron chi connectivity index (χ3n) is 9.06. The first-order chi connectivity index (χ1) is 19.8. The largest absolute Gasteiger partial charge is 0.392 e. The Hall–Kier alpha value is -2.93. The molecule has 42 heavy (non-hydrogen) atoms. The van der Waals surface area contributed by atoms with Crippen LogP contribution in [0.2, 0.25) is 5.15 Å². The fourth-order valence-electron chi connectivity index (χ4n) is 6.24. The summed E-state index contributed by atoms with van der Waals surface area (Å²) < 4.78 is 48.2. The number of hydrogen-bond acceptors (Lipinski definition) is 6. The highest BCUT2D eigenvalue weighted by Crippen LogP contribution is 2.61. The number of halogens is 4. The van der Waals surface area contributed by atoms with Crippen LogP contribution >= 0.6 is 11.6 Å². The Kier molecular flexibility index (Phi) is 7.19. The summed E-state index contributed by atoms with van der Waals surface area (Å²) in [7, 11) is 0. The van der Waals surface area contributed by atoms with Crippen LogP contribution < -0.4 is 10.9 Å². The first-order valence-electron chi connectivity index (χ1n) is 14.1. The molecule has 3 fully saturated rings. The van der Waals surface area contributed by atoms with E-state index in [1.54, 1.807) is 10.6 Å². The van der Waals surface area contributed by atoms with Crippen LogP contribution in [0.3, 0.4) is 0 Å². The number of aliphatic hydroxyl groups is 1. The highest BCUT2D eigenvalue weighted by Gasteiger charge is 2.68. The van der Waals surface area contributed by atoms with Crippen LogP contribution in [0.5, 0.6) is 0 Å². The molecule has 1 aromatic carbocycles. The first-order valence-corrected chi connectivity index (χ1v) is 14.5. The van der Waals surface area contributed by atoms with Crippen molar-refractivity contribution in [2.45, 2.75) is 63.6 Å². The van der Waals surface area contributed by atoms with Crippen molar-refractivity contribution in [1.29, 1.82) is 0 Å². The number of hydrogen-bond donors (Lipinski definition) is 2. The number of alkyl halides is 3. The van der Waals surface area contributed by atoms with Crippen molar-refractivity contribution in [3.63, 3.8) is 0 Å². The number of likely N-dealkylation sites (tertiary alicyclic amines) is 1. The summed E-state index contributed by atoms with van der Waals surface area (Å²) in [6.45, 7) is 4.87. The molecule has 0 bridgehead atoms. The quantitative estimate of drug-likeness (QED) is 0.457. The zero-order valence-electron chi connectivity index (χ0n) is 23.3. The van der Waals surface area contributed by atoms with Gasteiger partial charge in [-0.15, -0.1) is 0 Å². The molecule has 4 heterocycles. The van der Waals surface area contributed by atoms with Crippen LogP contribution in [0, 0.1) is 11.3 Å². The maximum atomic E-state index is 13.4. The maximum Gasteiger partial charge on any atom is 0.392 e. The Morgan fingerprint density at radius 3 is 2.52 bits per heavy atom. The van der Waals surface area contributed by atoms with Gasteiger partial charge >= 0.3 is 6.18 Å². The van der Waals surface area contributed by atoms with Gasteiger partial charge in [0.25, 0.3) is 5.56 Å². The molecule has 0 unspecified atom stereocenters. The Morgan fingerprint density at radius 2 is 1.93 bits per heavy atom. The van der Waals surface area contributed by atoms with Crippen LogP contribution in [-0.4, -0.2) is 74.2 Å². The lowest BCUT2D eigenvalue weighted by Crippen LogP contribution is -2.51. The second-order valence-corrected chi connectivity index (χ2v) is 12.5. The van der Waals surface area contributed by atoms with Gasteiger partial charge in [0.05, 0.1) is 47.6 Å². The van der Waals surface area contributed by atoms with Crippen molar-refractivity contribution >= 4 is 28.5 Å². The molecule has 1 amide bonds. The number of ether oxygens (including phenoxy) is 1. The number of piperidine rings is 1. The summed E-state index contributed by atoms with van der Waals surface area (Å²) in [6, 6.07) is 9.41. The number of rotatable bonds is 5. The molecule has 2 aliphatic heterocycles. The summed E-state index contributed by atoms with van der Waals surface area (Å²) in [6.07, 6.45) is -2.82. The molecule has 226 valence electrons. The molecule has 2 N–H and O–H groups in total. The number of nitrogens with zero attached hydrogens (tertiary/aromatic N) is 4. The number of aromatic nitrogens is 3. The molecule has 3 aromatic rings. The van der Waals surface area contributed by atoms with Crippen molar-refractivity contribution in [2.24, 2.45) is 11.3 Å². The minimum atomic E-state index is -4.40. The molecule has 0 radical (unpaired) electrons. The summed E-state index contributed by atoms with van der Waals surface area (Å²) in [5.74, 6) is -2.16. The van der Waals surface area contributed by atoms with Gasteiger partial charge in [0, 0.05) is 25.3 Å². The molecule has 4 atom stereocenters. The second-order valence-electron chi connectivity index (χ2n) is 12.1. The SMILES string of the molecule is C[C@H]1CN[C@H](c2ccc(-n3c(Cl)cc4c(=O)n(CC5(O)CCN(C(=O)[C@]6(C)C[C@H]6C(F)(F)F)CC5)cnc43)cc2)CO1. The van der Waals surface area contributed by atoms with E-state index in [0.29, 0.717) is 22.8 Å². The Bertz CT molecular complexity index is 1560. The molecule has 3 aliphatic rings. The second kappa shape index (κ2) is 10.4. The molecule has 9 nitrogen and oxygen atoms in total. The number of nitrogens with one attached hydrogen (secondary N) is 1. The molecular formula is C29H33ClF3N5O4. The van der Waals surface area contributed by atoms with Gasteiger partial charge in [-0.2, -0.15) is 13.2 Å². The van der Waals surface area contributed by atoms with E-state index >= 15 is 0 Å². The molecular weight excluding hydrogens is 575 g/mol. The predicted octanol–water partition coefficient (Wildman–Crippen LogP) is 3.83. The fraction of sp³-hybridized carbons (Fsp3) is 0.552. The van der Waals surface area contributed by atoms with E-state index in [2.05, 4.69) is 10.3 Å². The first kappa shape index (κ1) is 29.2. The lowest BCUT2D eigenvalue weighted by atomic mass is 9.90. The third-order valence-corrected chi connectivity index (χ3v) is 9.34. The number of carbonyl (C=O) groups excluding carboxylic acids is 1. The van der Waals surface area contributed by atoms with E-state index in [-0.39, 0.29) is 56.6 Å². The van der Waals surface area contributed by atoms with Crippen LogP contribution in [0.25, 0.3) is 16.7 Å². The normalized spacial score (nSPS) is 27.8. The number of benzene rings is 1. The van der Waals surface area contributed by atoms with E-state index in [4.69, 9.17) is 16.3 Å². The number of fused-ring (bicyclic) bond motifs is 1. The molecule has 6 rings (SSSR count). The smallest absolute Gasteiger partial charge is 0.388 e. The minimum Gasteiger partial charge on any atom is -0.388 e. The van der Waals surface area contributed by atoms with Gasteiger partial charge in [-0.05, 0) is 49.9 Å². The van der Waals surface area contributed by atoms with Crippen LogP contribution in [0.1, 0.15) is 44.7 Å². The van der Waals surface area contributed by atoms with Crippen molar-refractivity contribution in [3.05, 3.63) is 57.7 Å². The predicted molar refractivity (Wildman–Crippen MR) is 150 cm³/mol. The molecule has 2 aromatic heterocycles. The third kappa shape index (κ3) is 5.23. The van der Waals surface area contributed by atoms with E-state index in [1.807, 2.05) is 31.2 Å². The maximum absolute atomic E-state index is 13.4. The van der Waals surface area contributed by atoms with Crippen molar-refractivity contribution in [2.75, 3.05) is 26.2 Å². The van der Waals surface area contributed by atoms with E-state index in [1.165, 1.54) is 22.7 Å². The van der Waals surface area contributed by atoms with Crippen molar-refractivity contribution in [1.82, 2.24) is 24.3 Å². The van der Waals surface area contributed by atoms with Crippen LogP contribution in [-0.2, 0) is 16.1 Å². The monoisotopic (exact) mass is 607 g/mol. The van der Waals surface area contributed by atoms with Gasteiger partial charge in [-0.3, -0.25) is 18.7 Å². The Morgan fingerprint density at radius 1 is 1.24 bits per heavy atom. The van der Waals surface area contributed by atoms with Crippen LogP contribution in [0.4, 0.5) is 13.2 Å². The minimum absolute atomic E-state index is 0.0637. The Balaban J connectivity index is 1.16. The van der Waals surface area contributed by atoms with Gasteiger partial charge in [0.2, 0.25) is 5.91 Å². The molecule has 1 saturated carbocycles. The van der Waals surface area contributed by atoms with Gasteiger partial charge in [0.15, 0.2) is 5.65 Å². The Labute approximate surface area is 245 Å². The molecule has 1 aliphatic carbocycles. The highest BCUT2D eigenvalue weighted by molar-refractivity contribution is 6.31. The van der Waals surface area contributed by atoms with E-state index < -0.39 is 29.0 Å². The molecule has 0 spiro atoms. The summed E-state index contributed by atoms with van der Waals surface area (Å²) >= 11 is 6.56. The van der Waals surface area contributed by atoms with Crippen molar-refractivity contribution in [3.8, 4) is 5.69 Å². The summed E-state index contributed by atoms with van der Waals surface area (Å²) in [5, 5.41) is 15.3. The zero-order valence-corrected chi connectivity index (χ0v) is 24.1.